The summed E-state index contributed by atoms with van der Waals surface area (Å²) in [6.45, 7) is 15.3. The fraction of sp³-hybridized carbons (Fsp3) is 0.929. The van der Waals surface area contributed by atoms with Crippen molar-refractivity contribution in [2.45, 2.75) is 39.8 Å². The summed E-state index contributed by atoms with van der Waals surface area (Å²) in [6, 6.07) is 0.180. The van der Waals surface area contributed by atoms with Crippen molar-refractivity contribution >= 4 is 5.91 Å². The number of carbonyl (C=O) groups is 1. The highest BCUT2D eigenvalue weighted by molar-refractivity contribution is 5.81. The Labute approximate surface area is 117 Å². The average molecular weight is 270 g/mol. The topological polar surface area (TPSA) is 47.6 Å². The monoisotopic (exact) mass is 270 g/mol. The third kappa shape index (κ3) is 5.47. The predicted molar refractivity (Wildman–Crippen MR) is 79.3 cm³/mol. The lowest BCUT2D eigenvalue weighted by atomic mass is 10.2. The molecule has 1 aliphatic heterocycles. The third-order valence-corrected chi connectivity index (χ3v) is 3.89. The van der Waals surface area contributed by atoms with Gasteiger partial charge in [0.25, 0.3) is 0 Å². The smallest absolute Gasteiger partial charge is 0.237 e. The zero-order valence-electron chi connectivity index (χ0n) is 12.9. The van der Waals surface area contributed by atoms with E-state index in [2.05, 4.69) is 41.2 Å². The highest BCUT2D eigenvalue weighted by Crippen LogP contribution is 2.02. The molecule has 1 amide bonds. The minimum absolute atomic E-state index is 0.0266. The maximum Gasteiger partial charge on any atom is 0.237 e. The van der Waals surface area contributed by atoms with E-state index in [1.54, 1.807) is 0 Å². The molecule has 2 atom stereocenters. The van der Waals surface area contributed by atoms with E-state index in [0.717, 1.165) is 45.8 Å². The van der Waals surface area contributed by atoms with Crippen molar-refractivity contribution in [2.24, 2.45) is 0 Å². The second-order valence-electron chi connectivity index (χ2n) is 5.36. The Morgan fingerprint density at radius 1 is 1.26 bits per heavy atom. The van der Waals surface area contributed by atoms with Gasteiger partial charge in [-0.05, 0) is 26.9 Å². The highest BCUT2D eigenvalue weighted by Gasteiger charge is 2.23. The first kappa shape index (κ1) is 16.4. The van der Waals surface area contributed by atoms with Crippen LogP contribution in [0, 0.1) is 0 Å². The number of nitrogens with one attached hydrogen (secondary N) is 2. The van der Waals surface area contributed by atoms with Crippen LogP contribution in [0.3, 0.4) is 0 Å². The zero-order valence-corrected chi connectivity index (χ0v) is 12.9. The van der Waals surface area contributed by atoms with Crippen molar-refractivity contribution in [3.63, 3.8) is 0 Å². The first-order chi connectivity index (χ1) is 9.08. The van der Waals surface area contributed by atoms with Gasteiger partial charge in [-0.3, -0.25) is 9.69 Å². The molecule has 5 nitrogen and oxygen atoms in total. The number of likely N-dealkylation sites (N-methyl/N-ethyl adjacent to an activating group) is 1. The third-order valence-electron chi connectivity index (χ3n) is 3.89. The molecular formula is C14H30N4O. The number of hydrogen-bond acceptors (Lipinski definition) is 4. The molecule has 112 valence electrons. The minimum atomic E-state index is -0.0266. The van der Waals surface area contributed by atoms with Crippen LogP contribution in [0.15, 0.2) is 0 Å². The number of rotatable bonds is 7. The molecule has 1 aliphatic rings. The van der Waals surface area contributed by atoms with Crippen LogP contribution in [0.2, 0.25) is 0 Å². The number of carbonyl (C=O) groups excluding carboxylic acids is 1. The van der Waals surface area contributed by atoms with Gasteiger partial charge in [0.05, 0.1) is 6.04 Å². The molecule has 0 aromatic rings. The second kappa shape index (κ2) is 8.51. The van der Waals surface area contributed by atoms with Gasteiger partial charge >= 0.3 is 0 Å². The van der Waals surface area contributed by atoms with E-state index in [9.17, 15) is 4.79 Å². The predicted octanol–water partition coefficient (Wildman–Crippen LogP) is 0.127. The van der Waals surface area contributed by atoms with Crippen LogP contribution in [0.1, 0.15) is 27.7 Å². The fourth-order valence-corrected chi connectivity index (χ4v) is 2.51. The molecule has 0 bridgehead atoms. The summed E-state index contributed by atoms with van der Waals surface area (Å²) in [7, 11) is 0. The number of hydrogen-bond donors (Lipinski definition) is 2. The molecule has 1 rings (SSSR count). The maximum absolute atomic E-state index is 12.2. The van der Waals surface area contributed by atoms with Crippen molar-refractivity contribution in [1.82, 2.24) is 20.4 Å². The summed E-state index contributed by atoms with van der Waals surface area (Å²) in [4.78, 5) is 16.8. The molecule has 1 heterocycles. The number of amides is 1. The summed E-state index contributed by atoms with van der Waals surface area (Å²) in [5, 5.41) is 6.44. The summed E-state index contributed by atoms with van der Waals surface area (Å²) in [6.07, 6.45) is 0. The van der Waals surface area contributed by atoms with Crippen molar-refractivity contribution in [3.05, 3.63) is 0 Å². The molecule has 1 fully saturated rings. The van der Waals surface area contributed by atoms with E-state index in [1.807, 2.05) is 6.92 Å². The maximum atomic E-state index is 12.2. The summed E-state index contributed by atoms with van der Waals surface area (Å²) in [5.41, 5.74) is 0. The average Bonchev–Trinajstić information content (AvgIpc) is 2.44. The lowest BCUT2D eigenvalue weighted by Gasteiger charge is -2.33. The SMILES string of the molecule is CCN(CC)CC(C)NC(=O)C(C)N1CCNCC1. The van der Waals surface area contributed by atoms with Crippen molar-refractivity contribution < 1.29 is 4.79 Å². The Hall–Kier alpha value is -0.650. The van der Waals surface area contributed by atoms with Gasteiger partial charge in [0.15, 0.2) is 0 Å². The number of piperazine rings is 1. The Kier molecular flexibility index (Phi) is 7.34. The minimum Gasteiger partial charge on any atom is -0.351 e. The van der Waals surface area contributed by atoms with Gasteiger partial charge in [-0.2, -0.15) is 0 Å². The normalized spacial score (nSPS) is 20.3. The van der Waals surface area contributed by atoms with Crippen LogP contribution in [0.5, 0.6) is 0 Å². The largest absolute Gasteiger partial charge is 0.351 e. The molecule has 5 heteroatoms. The van der Waals surface area contributed by atoms with E-state index in [0.29, 0.717) is 0 Å². The van der Waals surface area contributed by atoms with Crippen LogP contribution >= 0.6 is 0 Å². The molecule has 2 N–H and O–H groups in total. The van der Waals surface area contributed by atoms with Gasteiger partial charge in [-0.25, -0.2) is 0 Å². The Bertz CT molecular complexity index is 262. The van der Waals surface area contributed by atoms with Crippen LogP contribution < -0.4 is 10.6 Å². The van der Waals surface area contributed by atoms with Gasteiger partial charge in [0.1, 0.15) is 0 Å². The standard InChI is InChI=1S/C14H30N4O/c1-5-17(6-2)11-12(3)16-14(19)13(4)18-9-7-15-8-10-18/h12-13,15H,5-11H2,1-4H3,(H,16,19). The van der Waals surface area contributed by atoms with E-state index in [4.69, 9.17) is 0 Å². The lowest BCUT2D eigenvalue weighted by molar-refractivity contribution is -0.126. The molecule has 0 aromatic carbocycles. The van der Waals surface area contributed by atoms with E-state index < -0.39 is 0 Å². The van der Waals surface area contributed by atoms with Gasteiger partial charge in [-0.15, -0.1) is 0 Å². The molecule has 0 aliphatic carbocycles. The molecule has 0 spiro atoms. The van der Waals surface area contributed by atoms with Crippen molar-refractivity contribution in [1.29, 1.82) is 0 Å². The second-order valence-corrected chi connectivity index (χ2v) is 5.36. The fourth-order valence-electron chi connectivity index (χ4n) is 2.51. The van der Waals surface area contributed by atoms with Gasteiger partial charge in [0.2, 0.25) is 5.91 Å². The van der Waals surface area contributed by atoms with E-state index >= 15 is 0 Å². The molecule has 19 heavy (non-hydrogen) atoms. The van der Waals surface area contributed by atoms with Crippen LogP contribution in [-0.2, 0) is 4.79 Å². The molecule has 1 saturated heterocycles. The molecule has 0 radical (unpaired) electrons. The van der Waals surface area contributed by atoms with E-state index in [1.165, 1.54) is 0 Å². The molecular weight excluding hydrogens is 240 g/mol. The molecule has 0 saturated carbocycles. The Morgan fingerprint density at radius 2 is 1.84 bits per heavy atom. The van der Waals surface area contributed by atoms with Crippen LogP contribution in [0.25, 0.3) is 0 Å². The zero-order chi connectivity index (χ0) is 14.3. The first-order valence-electron chi connectivity index (χ1n) is 7.56. The first-order valence-corrected chi connectivity index (χ1v) is 7.56. The Morgan fingerprint density at radius 3 is 2.37 bits per heavy atom. The van der Waals surface area contributed by atoms with Crippen molar-refractivity contribution in [3.8, 4) is 0 Å². The highest BCUT2D eigenvalue weighted by atomic mass is 16.2. The van der Waals surface area contributed by atoms with E-state index in [-0.39, 0.29) is 18.0 Å². The lowest BCUT2D eigenvalue weighted by Crippen LogP contribution is -2.54. The Balaban J connectivity index is 2.35. The van der Waals surface area contributed by atoms with Crippen LogP contribution in [0.4, 0.5) is 0 Å². The molecule has 0 aromatic heterocycles. The van der Waals surface area contributed by atoms with Crippen LogP contribution in [-0.4, -0.2) is 73.6 Å². The van der Waals surface area contributed by atoms with Gasteiger partial charge in [-0.1, -0.05) is 13.8 Å². The number of nitrogens with zero attached hydrogens (tertiary/aromatic N) is 2. The summed E-state index contributed by atoms with van der Waals surface area (Å²) in [5.74, 6) is 0.154. The summed E-state index contributed by atoms with van der Waals surface area (Å²) < 4.78 is 0. The van der Waals surface area contributed by atoms with Gasteiger partial charge in [0, 0.05) is 38.8 Å². The van der Waals surface area contributed by atoms with Gasteiger partial charge < -0.3 is 15.5 Å². The van der Waals surface area contributed by atoms with Crippen molar-refractivity contribution in [2.75, 3.05) is 45.8 Å². The quantitative estimate of drug-likeness (QED) is 0.690. The summed E-state index contributed by atoms with van der Waals surface area (Å²) >= 11 is 0. The molecule has 2 unspecified atom stereocenters.